The lowest BCUT2D eigenvalue weighted by molar-refractivity contribution is -0.139. The molecule has 2 unspecified atom stereocenters. The van der Waals surface area contributed by atoms with Gasteiger partial charge in [0.15, 0.2) is 0 Å². The van der Waals surface area contributed by atoms with Gasteiger partial charge in [0.05, 0.1) is 6.42 Å². The first-order chi connectivity index (χ1) is 3.70. The van der Waals surface area contributed by atoms with Gasteiger partial charge in [-0.15, -0.1) is 0 Å². The van der Waals surface area contributed by atoms with E-state index in [0.29, 0.717) is 0 Å². The van der Waals surface area contributed by atoms with Gasteiger partial charge in [0.2, 0.25) is 5.56 Å². The second kappa shape index (κ2) is 1.91. The Morgan fingerprint density at radius 2 is 2.50 bits per heavy atom. The summed E-state index contributed by atoms with van der Waals surface area (Å²) < 4.78 is 4.35. The predicted octanol–water partition coefficient (Wildman–Crippen LogP) is -0.141. The maximum absolute atomic E-state index is 10.2. The Bertz CT molecular complexity index is 102. The summed E-state index contributed by atoms with van der Waals surface area (Å²) in [5, 5.41) is 8.69. The lowest BCUT2D eigenvalue weighted by Crippen LogP contribution is -2.12. The van der Waals surface area contributed by atoms with Crippen LogP contribution in [0.1, 0.15) is 6.42 Å². The number of hydrogen-bond acceptors (Lipinski definition) is 3. The molecule has 0 amide bonds. The fraction of sp³-hybridized carbons (Fsp3) is 0.750. The molecule has 1 saturated heterocycles. The third-order valence-corrected chi connectivity index (χ3v) is 1.30. The number of carbonyl (C=O) groups excluding carboxylic acids is 1. The van der Waals surface area contributed by atoms with E-state index in [1.54, 1.807) is 0 Å². The molecule has 2 atom stereocenters. The maximum Gasteiger partial charge on any atom is 0.310 e. The lowest BCUT2D eigenvalue weighted by Gasteiger charge is -2.00. The molecule has 3 nitrogen and oxygen atoms in total. The minimum atomic E-state index is -0.831. The highest BCUT2D eigenvalue weighted by Crippen LogP contribution is 2.17. The normalized spacial score (nSPS) is 37.5. The Kier molecular flexibility index (Phi) is 1.40. The molecule has 8 heavy (non-hydrogen) atoms. The molecule has 0 aromatic heterocycles. The van der Waals surface area contributed by atoms with Gasteiger partial charge < -0.3 is 9.84 Å². The second-order valence-electron chi connectivity index (χ2n) is 1.61. The number of ether oxygens (including phenoxy) is 1. The average Bonchev–Trinajstić information content (AvgIpc) is 1.85. The van der Waals surface area contributed by atoms with Gasteiger partial charge in [0, 0.05) is 0 Å². The Hall–Kier alpha value is -0.280. The molecular formula is C4H5ClO3. The van der Waals surface area contributed by atoms with Crippen LogP contribution in [0.5, 0.6) is 0 Å². The molecule has 0 spiro atoms. The van der Waals surface area contributed by atoms with E-state index >= 15 is 0 Å². The summed E-state index contributed by atoms with van der Waals surface area (Å²) in [5.74, 6) is -0.433. The molecule has 0 radical (unpaired) electrons. The Labute approximate surface area is 51.2 Å². The molecule has 4 heteroatoms. The van der Waals surface area contributed by atoms with Crippen LogP contribution in [0.25, 0.3) is 0 Å². The summed E-state index contributed by atoms with van der Waals surface area (Å²) in [7, 11) is 0. The van der Waals surface area contributed by atoms with Crippen LogP contribution in [0, 0.1) is 0 Å². The van der Waals surface area contributed by atoms with Crippen molar-refractivity contribution < 1.29 is 14.6 Å². The topological polar surface area (TPSA) is 46.5 Å². The SMILES string of the molecule is O=C1CC(O)C(Cl)O1. The van der Waals surface area contributed by atoms with Gasteiger partial charge in [-0.3, -0.25) is 4.79 Å². The molecule has 1 rings (SSSR count). The fourth-order valence-electron chi connectivity index (χ4n) is 0.516. The zero-order valence-corrected chi connectivity index (χ0v) is 4.76. The van der Waals surface area contributed by atoms with Crippen molar-refractivity contribution in [3.8, 4) is 0 Å². The van der Waals surface area contributed by atoms with Gasteiger partial charge in [-0.2, -0.15) is 0 Å². The van der Waals surface area contributed by atoms with Crippen LogP contribution in [0.3, 0.4) is 0 Å². The van der Waals surface area contributed by atoms with E-state index in [1.807, 2.05) is 0 Å². The van der Waals surface area contributed by atoms with E-state index in [0.717, 1.165) is 0 Å². The molecule has 1 fully saturated rings. The zero-order valence-electron chi connectivity index (χ0n) is 4.00. The van der Waals surface area contributed by atoms with E-state index in [4.69, 9.17) is 16.7 Å². The predicted molar refractivity (Wildman–Crippen MR) is 26.4 cm³/mol. The van der Waals surface area contributed by atoms with Gasteiger partial charge in [0.25, 0.3) is 0 Å². The number of hydrogen-bond donors (Lipinski definition) is 1. The minimum absolute atomic E-state index is 0.0220. The zero-order chi connectivity index (χ0) is 6.15. The highest BCUT2D eigenvalue weighted by Gasteiger charge is 2.30. The maximum atomic E-state index is 10.2. The van der Waals surface area contributed by atoms with Crippen molar-refractivity contribution in [1.29, 1.82) is 0 Å². The summed E-state index contributed by atoms with van der Waals surface area (Å²) in [5.41, 5.74) is -0.831. The number of aliphatic hydroxyl groups is 1. The van der Waals surface area contributed by atoms with Crippen molar-refractivity contribution in [2.45, 2.75) is 18.1 Å². The van der Waals surface area contributed by atoms with Crippen molar-refractivity contribution in [1.82, 2.24) is 0 Å². The summed E-state index contributed by atoms with van der Waals surface area (Å²) in [6.45, 7) is 0. The summed E-state index contributed by atoms with van der Waals surface area (Å²) >= 11 is 5.26. The molecule has 0 aromatic carbocycles. The fourth-order valence-corrected chi connectivity index (χ4v) is 0.704. The monoisotopic (exact) mass is 136 g/mol. The largest absolute Gasteiger partial charge is 0.443 e. The van der Waals surface area contributed by atoms with Crippen LogP contribution in [-0.4, -0.2) is 22.7 Å². The summed E-state index contributed by atoms with van der Waals surface area (Å²) in [6.07, 6.45) is -0.794. The van der Waals surface area contributed by atoms with E-state index in [1.165, 1.54) is 0 Å². The van der Waals surface area contributed by atoms with Crippen LogP contribution in [0.4, 0.5) is 0 Å². The number of esters is 1. The van der Waals surface area contributed by atoms with Crippen molar-refractivity contribution in [2.75, 3.05) is 0 Å². The lowest BCUT2D eigenvalue weighted by atomic mass is 10.3. The number of alkyl halides is 1. The van der Waals surface area contributed by atoms with Gasteiger partial charge in [-0.1, -0.05) is 11.6 Å². The third kappa shape index (κ3) is 0.928. The van der Waals surface area contributed by atoms with Crippen molar-refractivity contribution >= 4 is 17.6 Å². The first-order valence-electron chi connectivity index (χ1n) is 2.22. The highest BCUT2D eigenvalue weighted by molar-refractivity contribution is 6.21. The second-order valence-corrected chi connectivity index (χ2v) is 2.04. The molecule has 0 aromatic rings. The minimum Gasteiger partial charge on any atom is -0.443 e. The average molecular weight is 137 g/mol. The number of rotatable bonds is 0. The van der Waals surface area contributed by atoms with Crippen molar-refractivity contribution in [2.24, 2.45) is 0 Å². The number of carbonyl (C=O) groups is 1. The first-order valence-corrected chi connectivity index (χ1v) is 2.65. The smallest absolute Gasteiger partial charge is 0.310 e. The first kappa shape index (κ1) is 5.85. The quantitative estimate of drug-likeness (QED) is 0.373. The van der Waals surface area contributed by atoms with Gasteiger partial charge in [-0.05, 0) is 0 Å². The van der Waals surface area contributed by atoms with Crippen LogP contribution in [-0.2, 0) is 9.53 Å². The Balaban J connectivity index is 2.51. The molecule has 1 heterocycles. The van der Waals surface area contributed by atoms with Gasteiger partial charge >= 0.3 is 5.97 Å². The van der Waals surface area contributed by atoms with E-state index in [2.05, 4.69) is 4.74 Å². The highest BCUT2D eigenvalue weighted by atomic mass is 35.5. The summed E-state index contributed by atoms with van der Waals surface area (Å²) in [6, 6.07) is 0. The van der Waals surface area contributed by atoms with Crippen LogP contribution in [0.2, 0.25) is 0 Å². The summed E-state index contributed by atoms with van der Waals surface area (Å²) in [4.78, 5) is 10.2. The standard InChI is InChI=1S/C4H5ClO3/c5-4-2(6)1-3(7)8-4/h2,4,6H,1H2. The molecular weight excluding hydrogens is 131 g/mol. The van der Waals surface area contributed by atoms with E-state index < -0.39 is 17.6 Å². The number of halogens is 1. The van der Waals surface area contributed by atoms with E-state index in [9.17, 15) is 4.79 Å². The molecule has 0 saturated carbocycles. The number of aliphatic hydroxyl groups excluding tert-OH is 1. The molecule has 0 bridgehead atoms. The number of cyclic esters (lactones) is 1. The van der Waals surface area contributed by atoms with Gasteiger partial charge in [-0.25, -0.2) is 0 Å². The molecule has 46 valence electrons. The molecule has 1 N–H and O–H groups in total. The molecule has 0 aliphatic carbocycles. The molecule has 1 aliphatic heterocycles. The third-order valence-electron chi connectivity index (χ3n) is 0.922. The van der Waals surface area contributed by atoms with Gasteiger partial charge in [0.1, 0.15) is 6.10 Å². The van der Waals surface area contributed by atoms with E-state index in [-0.39, 0.29) is 6.42 Å². The van der Waals surface area contributed by atoms with Crippen LogP contribution in [0.15, 0.2) is 0 Å². The molecule has 1 aliphatic rings. The Morgan fingerprint density at radius 3 is 2.62 bits per heavy atom. The Morgan fingerprint density at radius 1 is 1.88 bits per heavy atom. The van der Waals surface area contributed by atoms with Crippen molar-refractivity contribution in [3.63, 3.8) is 0 Å². The van der Waals surface area contributed by atoms with Crippen LogP contribution >= 0.6 is 11.6 Å². The van der Waals surface area contributed by atoms with Crippen molar-refractivity contribution in [3.05, 3.63) is 0 Å². The van der Waals surface area contributed by atoms with Crippen LogP contribution < -0.4 is 0 Å².